The van der Waals surface area contributed by atoms with Crippen molar-refractivity contribution in [2.45, 2.75) is 6.54 Å². The molecule has 0 saturated carbocycles. The van der Waals surface area contributed by atoms with E-state index in [9.17, 15) is 4.79 Å². The van der Waals surface area contributed by atoms with Crippen molar-refractivity contribution < 1.29 is 9.53 Å². The van der Waals surface area contributed by atoms with Gasteiger partial charge < -0.3 is 15.4 Å². The van der Waals surface area contributed by atoms with Gasteiger partial charge in [0, 0.05) is 23.4 Å². The Morgan fingerprint density at radius 3 is 2.93 bits per heavy atom. The van der Waals surface area contributed by atoms with Gasteiger partial charge in [-0.05, 0) is 41.0 Å². The molecule has 0 spiro atoms. The van der Waals surface area contributed by atoms with E-state index in [1.54, 1.807) is 18.1 Å². The van der Waals surface area contributed by atoms with E-state index in [4.69, 9.17) is 15.7 Å². The number of benzene rings is 2. The molecule has 27 heavy (non-hydrogen) atoms. The van der Waals surface area contributed by atoms with Crippen LogP contribution in [0.5, 0.6) is 5.88 Å². The van der Waals surface area contributed by atoms with Crippen LogP contribution in [0.25, 0.3) is 22.0 Å². The largest absolute Gasteiger partial charge is 0.480 e. The maximum Gasteiger partial charge on any atom is 0.254 e. The van der Waals surface area contributed by atoms with E-state index in [1.165, 1.54) is 0 Å². The van der Waals surface area contributed by atoms with Gasteiger partial charge >= 0.3 is 0 Å². The predicted octanol–water partition coefficient (Wildman–Crippen LogP) is 2.86. The predicted molar refractivity (Wildman–Crippen MR) is 102 cm³/mol. The summed E-state index contributed by atoms with van der Waals surface area (Å²) in [7, 11) is 1.57. The molecule has 7 heteroatoms. The number of nitrogens with one attached hydrogen (secondary N) is 1. The van der Waals surface area contributed by atoms with Gasteiger partial charge in [-0.1, -0.05) is 12.6 Å². The summed E-state index contributed by atoms with van der Waals surface area (Å²) < 4.78 is 5.30. The van der Waals surface area contributed by atoms with Gasteiger partial charge in [0.15, 0.2) is 0 Å². The first kappa shape index (κ1) is 16.7. The first-order valence-corrected chi connectivity index (χ1v) is 8.34. The standard InChI is InChI=1S/C20H17N5O2/c1-11(8-21)9-25-10-17-14(6-13(22)7-15(17)20(25)26)12-3-4-18-16(5-12)19(27-2)24-23-18/h3-7H,1,9-10,22H2,2H3,(H,23,24). The highest BCUT2D eigenvalue weighted by molar-refractivity contribution is 6.02. The fraction of sp³-hybridized carbons (Fsp3) is 0.150. The molecule has 0 saturated heterocycles. The molecular weight excluding hydrogens is 342 g/mol. The summed E-state index contributed by atoms with van der Waals surface area (Å²) in [6, 6.07) is 11.4. The number of hydrogen-bond donors (Lipinski definition) is 2. The Balaban J connectivity index is 1.83. The highest BCUT2D eigenvalue weighted by Crippen LogP contribution is 2.37. The number of aromatic nitrogens is 2. The number of carbonyl (C=O) groups excluding carboxylic acids is 1. The zero-order chi connectivity index (χ0) is 19.1. The molecule has 1 aromatic heterocycles. The van der Waals surface area contributed by atoms with E-state index in [0.717, 1.165) is 27.6 Å². The molecule has 0 fully saturated rings. The number of H-pyrrole nitrogens is 1. The van der Waals surface area contributed by atoms with Crippen molar-refractivity contribution in [2.24, 2.45) is 0 Å². The van der Waals surface area contributed by atoms with Gasteiger partial charge in [0.25, 0.3) is 5.91 Å². The number of nitrogens with two attached hydrogens (primary N) is 1. The molecule has 1 amide bonds. The van der Waals surface area contributed by atoms with Crippen molar-refractivity contribution in [3.63, 3.8) is 0 Å². The Morgan fingerprint density at radius 2 is 2.19 bits per heavy atom. The lowest BCUT2D eigenvalue weighted by atomic mass is 9.95. The van der Waals surface area contributed by atoms with Crippen LogP contribution in [0.15, 0.2) is 42.5 Å². The molecule has 2 aromatic carbocycles. The van der Waals surface area contributed by atoms with E-state index in [-0.39, 0.29) is 12.5 Å². The third-order valence-corrected chi connectivity index (χ3v) is 4.71. The number of amides is 1. The number of ether oxygens (including phenoxy) is 1. The van der Waals surface area contributed by atoms with Gasteiger partial charge in [-0.15, -0.1) is 5.10 Å². The van der Waals surface area contributed by atoms with Gasteiger partial charge in [-0.25, -0.2) is 0 Å². The Labute approximate surface area is 155 Å². The van der Waals surface area contributed by atoms with Gasteiger partial charge in [0.05, 0.1) is 30.6 Å². The number of methoxy groups -OCH3 is 1. The van der Waals surface area contributed by atoms with Crippen LogP contribution in [-0.2, 0) is 6.54 Å². The summed E-state index contributed by atoms with van der Waals surface area (Å²) in [5.74, 6) is 0.368. The number of fused-ring (bicyclic) bond motifs is 2. The highest BCUT2D eigenvalue weighted by atomic mass is 16.5. The fourth-order valence-electron chi connectivity index (χ4n) is 3.45. The zero-order valence-electron chi connectivity index (χ0n) is 14.7. The lowest BCUT2D eigenvalue weighted by molar-refractivity contribution is 0.0794. The average Bonchev–Trinajstić information content (AvgIpc) is 3.22. The molecule has 0 radical (unpaired) electrons. The first-order chi connectivity index (χ1) is 13.0. The smallest absolute Gasteiger partial charge is 0.254 e. The maximum absolute atomic E-state index is 12.7. The number of nitrogens with zero attached hydrogens (tertiary/aromatic N) is 3. The third-order valence-electron chi connectivity index (χ3n) is 4.71. The minimum absolute atomic E-state index is 0.142. The molecule has 0 aliphatic carbocycles. The molecule has 3 aromatic rings. The van der Waals surface area contributed by atoms with Crippen LogP contribution in [0.2, 0.25) is 0 Å². The number of rotatable bonds is 4. The number of nitrogen functional groups attached to an aromatic ring is 1. The van der Waals surface area contributed by atoms with Gasteiger partial charge in [0.2, 0.25) is 5.88 Å². The molecule has 3 N–H and O–H groups in total. The lowest BCUT2D eigenvalue weighted by Crippen LogP contribution is -2.25. The molecule has 2 heterocycles. The van der Waals surface area contributed by atoms with Gasteiger partial charge in [-0.3, -0.25) is 9.89 Å². The molecule has 7 nitrogen and oxygen atoms in total. The Kier molecular flexibility index (Phi) is 3.81. The third kappa shape index (κ3) is 2.68. The minimum atomic E-state index is -0.142. The number of carbonyl (C=O) groups is 1. The van der Waals surface area contributed by atoms with Gasteiger partial charge in [0.1, 0.15) is 0 Å². The number of nitriles is 1. The van der Waals surface area contributed by atoms with Crippen LogP contribution in [0.1, 0.15) is 15.9 Å². The average molecular weight is 359 g/mol. The summed E-state index contributed by atoms with van der Waals surface area (Å²) in [5.41, 5.74) is 11.0. The van der Waals surface area contributed by atoms with E-state index >= 15 is 0 Å². The van der Waals surface area contributed by atoms with Crippen molar-refractivity contribution in [3.8, 4) is 23.1 Å². The van der Waals surface area contributed by atoms with Crippen LogP contribution in [0.4, 0.5) is 5.69 Å². The lowest BCUT2D eigenvalue weighted by Gasteiger charge is -2.14. The molecule has 0 atom stereocenters. The Morgan fingerprint density at radius 1 is 1.41 bits per heavy atom. The summed E-state index contributed by atoms with van der Waals surface area (Å²) in [5, 5.41) is 16.9. The maximum atomic E-state index is 12.7. The number of aromatic amines is 1. The van der Waals surface area contributed by atoms with Crippen molar-refractivity contribution in [3.05, 3.63) is 53.6 Å². The Bertz CT molecular complexity index is 1140. The molecule has 4 rings (SSSR count). The van der Waals surface area contributed by atoms with Crippen molar-refractivity contribution >= 4 is 22.5 Å². The summed E-state index contributed by atoms with van der Waals surface area (Å²) in [6.45, 7) is 4.29. The normalized spacial score (nSPS) is 12.9. The second kappa shape index (κ2) is 6.18. The molecule has 0 bridgehead atoms. The van der Waals surface area contributed by atoms with Crippen LogP contribution >= 0.6 is 0 Å². The van der Waals surface area contributed by atoms with Crippen molar-refractivity contribution in [2.75, 3.05) is 19.4 Å². The van der Waals surface area contributed by atoms with E-state index < -0.39 is 0 Å². The number of anilines is 1. The summed E-state index contributed by atoms with van der Waals surface area (Å²) in [6.07, 6.45) is 0. The topological polar surface area (TPSA) is 108 Å². The van der Waals surface area contributed by atoms with E-state index in [2.05, 4.69) is 16.8 Å². The quantitative estimate of drug-likeness (QED) is 0.550. The molecule has 0 unspecified atom stereocenters. The van der Waals surface area contributed by atoms with Crippen LogP contribution in [0.3, 0.4) is 0 Å². The second-order valence-corrected chi connectivity index (χ2v) is 6.46. The van der Waals surface area contributed by atoms with Crippen LogP contribution < -0.4 is 10.5 Å². The van der Waals surface area contributed by atoms with Crippen LogP contribution in [0, 0.1) is 11.3 Å². The second-order valence-electron chi connectivity index (χ2n) is 6.46. The molecule has 1 aliphatic rings. The monoisotopic (exact) mass is 359 g/mol. The highest BCUT2D eigenvalue weighted by Gasteiger charge is 2.30. The Hall–Kier alpha value is -3.79. The first-order valence-electron chi connectivity index (χ1n) is 8.34. The van der Waals surface area contributed by atoms with E-state index in [0.29, 0.717) is 29.2 Å². The summed E-state index contributed by atoms with van der Waals surface area (Å²) in [4.78, 5) is 14.3. The molecule has 134 valence electrons. The SMILES string of the molecule is C=C(C#N)CN1Cc2c(cc(N)cc2-c2ccc3[nH]nc(OC)c3c2)C1=O. The molecular formula is C20H17N5O2. The van der Waals surface area contributed by atoms with Crippen molar-refractivity contribution in [1.82, 2.24) is 15.1 Å². The minimum Gasteiger partial charge on any atom is -0.480 e. The number of hydrogen-bond acceptors (Lipinski definition) is 5. The molecule has 1 aliphatic heterocycles. The van der Waals surface area contributed by atoms with E-state index in [1.807, 2.05) is 30.3 Å². The zero-order valence-corrected chi connectivity index (χ0v) is 14.7. The van der Waals surface area contributed by atoms with Crippen molar-refractivity contribution in [1.29, 1.82) is 5.26 Å². The van der Waals surface area contributed by atoms with Gasteiger partial charge in [-0.2, -0.15) is 5.26 Å². The van der Waals surface area contributed by atoms with Crippen LogP contribution in [-0.4, -0.2) is 34.7 Å². The fourth-order valence-corrected chi connectivity index (χ4v) is 3.45. The summed E-state index contributed by atoms with van der Waals surface area (Å²) >= 11 is 0.